The topological polar surface area (TPSA) is 59.7 Å². The molecule has 4 aromatic carbocycles. The molecule has 5 heterocycles. The largest absolute Gasteiger partial charge is 0.394 e. The fourth-order valence-corrected chi connectivity index (χ4v) is 7.35. The maximum Gasteiger partial charge on any atom is 0.0886 e. The van der Waals surface area contributed by atoms with Crippen molar-refractivity contribution in [3.05, 3.63) is 163 Å². The van der Waals surface area contributed by atoms with E-state index in [9.17, 15) is 0 Å². The lowest BCUT2D eigenvalue weighted by molar-refractivity contribution is 1.05. The number of aromatic nitrogens is 4. The first-order valence-electron chi connectivity index (χ1n) is 17.3. The Kier molecular flexibility index (Phi) is 7.55. The van der Waals surface area contributed by atoms with Gasteiger partial charge in [0.15, 0.2) is 0 Å². The van der Waals surface area contributed by atoms with Crippen molar-refractivity contribution in [3.8, 4) is 45.0 Å². The van der Waals surface area contributed by atoms with E-state index in [1.807, 2.05) is 25.6 Å². The number of hydrogen-bond donors (Lipinski definition) is 2. The van der Waals surface area contributed by atoms with Crippen LogP contribution in [0.2, 0.25) is 0 Å². The number of benzene rings is 4. The molecule has 6 nitrogen and oxygen atoms in total. The van der Waals surface area contributed by atoms with Crippen molar-refractivity contribution in [3.63, 3.8) is 0 Å². The highest BCUT2D eigenvalue weighted by Gasteiger charge is 2.18. The number of hydrogen-bond acceptors (Lipinski definition) is 4. The van der Waals surface area contributed by atoms with Crippen molar-refractivity contribution in [2.75, 3.05) is 18.9 Å². The summed E-state index contributed by atoms with van der Waals surface area (Å²) in [5.41, 5.74) is 15.5. The van der Waals surface area contributed by atoms with Crippen LogP contribution in [0.1, 0.15) is 17.0 Å². The van der Waals surface area contributed by atoms with Crippen LogP contribution in [0.5, 0.6) is 0 Å². The van der Waals surface area contributed by atoms with Gasteiger partial charge in [-0.3, -0.25) is 9.97 Å². The zero-order chi connectivity index (χ0) is 34.3. The molecular formula is C45H36N6. The minimum absolute atomic E-state index is 0.847. The van der Waals surface area contributed by atoms with Gasteiger partial charge in [0.1, 0.15) is 0 Å². The first-order chi connectivity index (χ1) is 25.2. The Labute approximate surface area is 297 Å². The van der Waals surface area contributed by atoms with Gasteiger partial charge in [-0.15, -0.1) is 0 Å². The SMILES string of the molecule is CN/C=C\c1c(C)n(-c2ccc(-c3ccc(-c4ccc(-c5ccc(-n6c7c(c8ccccc86)NCC=C7)cc5)cn4)nc3)cc2)c2ccccc12. The van der Waals surface area contributed by atoms with Crippen LogP contribution in [0.25, 0.3) is 79.0 Å². The monoisotopic (exact) mass is 660 g/mol. The first kappa shape index (κ1) is 30.4. The van der Waals surface area contributed by atoms with E-state index in [0.29, 0.717) is 0 Å². The number of pyridine rings is 2. The van der Waals surface area contributed by atoms with Gasteiger partial charge >= 0.3 is 0 Å². The molecule has 0 unspecified atom stereocenters. The molecule has 0 saturated heterocycles. The molecule has 1 aliphatic heterocycles. The van der Waals surface area contributed by atoms with E-state index in [1.165, 1.54) is 44.4 Å². The van der Waals surface area contributed by atoms with Gasteiger partial charge in [-0.1, -0.05) is 78.9 Å². The number of nitrogens with one attached hydrogen (secondary N) is 2. The Morgan fingerprint density at radius 3 is 1.76 bits per heavy atom. The summed E-state index contributed by atoms with van der Waals surface area (Å²) in [6, 6.07) is 42.9. The van der Waals surface area contributed by atoms with Crippen LogP contribution < -0.4 is 10.6 Å². The van der Waals surface area contributed by atoms with Crippen molar-refractivity contribution in [1.29, 1.82) is 0 Å². The summed E-state index contributed by atoms with van der Waals surface area (Å²) in [6.45, 7) is 3.02. The summed E-state index contributed by atoms with van der Waals surface area (Å²) in [7, 11) is 1.92. The molecular weight excluding hydrogens is 625 g/mol. The molecule has 0 atom stereocenters. The van der Waals surface area contributed by atoms with E-state index in [0.717, 1.165) is 51.6 Å². The van der Waals surface area contributed by atoms with Crippen LogP contribution >= 0.6 is 0 Å². The maximum absolute atomic E-state index is 4.80. The zero-order valence-corrected chi connectivity index (χ0v) is 28.5. The number of rotatable bonds is 7. The van der Waals surface area contributed by atoms with Crippen molar-refractivity contribution in [2.24, 2.45) is 0 Å². The average molecular weight is 661 g/mol. The van der Waals surface area contributed by atoms with E-state index in [1.54, 1.807) is 0 Å². The highest BCUT2D eigenvalue weighted by atomic mass is 15.0. The molecule has 246 valence electrons. The lowest BCUT2D eigenvalue weighted by Gasteiger charge is -2.13. The molecule has 6 heteroatoms. The van der Waals surface area contributed by atoms with Crippen LogP contribution in [0.4, 0.5) is 5.69 Å². The van der Waals surface area contributed by atoms with Crippen LogP contribution in [-0.2, 0) is 0 Å². The summed E-state index contributed by atoms with van der Waals surface area (Å²) < 4.78 is 4.65. The minimum atomic E-state index is 0.847. The molecule has 0 amide bonds. The van der Waals surface area contributed by atoms with Crippen molar-refractivity contribution >= 4 is 39.6 Å². The van der Waals surface area contributed by atoms with Gasteiger partial charge in [0.25, 0.3) is 0 Å². The van der Waals surface area contributed by atoms with E-state index < -0.39 is 0 Å². The number of anilines is 1. The van der Waals surface area contributed by atoms with Gasteiger partial charge in [-0.05, 0) is 84.9 Å². The molecule has 0 saturated carbocycles. The summed E-state index contributed by atoms with van der Waals surface area (Å²) in [4.78, 5) is 9.60. The van der Waals surface area contributed by atoms with E-state index >= 15 is 0 Å². The molecule has 0 spiro atoms. The molecule has 9 rings (SSSR count). The standard InChI is InChI=1S/C45H36N6/c1-30-37(25-27-46-2)38-8-3-5-10-42(38)50(30)35-19-13-31(14-20-35)33-17-23-40(48-28-33)41-24-18-34(29-49-41)32-15-21-36(22-16-32)51-43-11-6-4-9-39(43)45-44(51)12-7-26-47-45/h3-25,27-29,46-47H,26H2,1-2H3/b27-25-. The third kappa shape index (κ3) is 5.29. The van der Waals surface area contributed by atoms with E-state index in [4.69, 9.17) is 9.97 Å². The van der Waals surface area contributed by atoms with Crippen LogP contribution in [0, 0.1) is 6.92 Å². The fraction of sp³-hybridized carbons (Fsp3) is 0.0667. The normalized spacial score (nSPS) is 12.4. The Bertz CT molecular complexity index is 2590. The van der Waals surface area contributed by atoms with Gasteiger partial charge in [0.2, 0.25) is 0 Å². The molecule has 2 N–H and O–H groups in total. The van der Waals surface area contributed by atoms with E-state index in [-0.39, 0.29) is 0 Å². The number of para-hydroxylation sites is 2. The molecule has 0 radical (unpaired) electrons. The number of fused-ring (bicyclic) bond motifs is 4. The molecule has 0 bridgehead atoms. The quantitative estimate of drug-likeness (QED) is 0.179. The predicted molar refractivity (Wildman–Crippen MR) is 212 cm³/mol. The third-order valence-electron chi connectivity index (χ3n) is 9.87. The molecule has 1 aliphatic rings. The Hall–Kier alpha value is -6.66. The lowest BCUT2D eigenvalue weighted by Crippen LogP contribution is -2.05. The number of nitrogens with zero attached hydrogens (tertiary/aromatic N) is 4. The second-order valence-corrected chi connectivity index (χ2v) is 12.8. The van der Waals surface area contributed by atoms with Gasteiger partial charge in [-0.25, -0.2) is 0 Å². The Balaban J connectivity index is 0.934. The Morgan fingerprint density at radius 1 is 0.627 bits per heavy atom. The third-order valence-corrected chi connectivity index (χ3v) is 9.87. The van der Waals surface area contributed by atoms with Crippen molar-refractivity contribution in [1.82, 2.24) is 24.4 Å². The van der Waals surface area contributed by atoms with Gasteiger partial charge in [-0.2, -0.15) is 0 Å². The summed E-state index contributed by atoms with van der Waals surface area (Å²) in [5, 5.41) is 9.15. The lowest BCUT2D eigenvalue weighted by atomic mass is 10.1. The van der Waals surface area contributed by atoms with Gasteiger partial charge < -0.3 is 19.8 Å². The highest BCUT2D eigenvalue weighted by molar-refractivity contribution is 6.00. The molecule has 0 fully saturated rings. The average Bonchev–Trinajstić information content (AvgIpc) is 3.68. The maximum atomic E-state index is 4.80. The van der Waals surface area contributed by atoms with Crippen molar-refractivity contribution < 1.29 is 0 Å². The summed E-state index contributed by atoms with van der Waals surface area (Å²) >= 11 is 0. The summed E-state index contributed by atoms with van der Waals surface area (Å²) in [6.07, 6.45) is 12.4. The molecule has 51 heavy (non-hydrogen) atoms. The predicted octanol–water partition coefficient (Wildman–Crippen LogP) is 10.3. The zero-order valence-electron chi connectivity index (χ0n) is 28.5. The second-order valence-electron chi connectivity index (χ2n) is 12.8. The molecule has 4 aromatic heterocycles. The van der Waals surface area contributed by atoms with E-state index in [2.05, 4.69) is 166 Å². The van der Waals surface area contributed by atoms with Crippen LogP contribution in [0.15, 0.2) is 146 Å². The van der Waals surface area contributed by atoms with Crippen LogP contribution in [-0.4, -0.2) is 32.7 Å². The minimum Gasteiger partial charge on any atom is -0.394 e. The second kappa shape index (κ2) is 12.7. The Morgan fingerprint density at radius 2 is 1.18 bits per heavy atom. The van der Waals surface area contributed by atoms with Crippen LogP contribution in [0.3, 0.4) is 0 Å². The fourth-order valence-electron chi connectivity index (χ4n) is 7.35. The van der Waals surface area contributed by atoms with Gasteiger partial charge in [0, 0.05) is 70.5 Å². The molecule has 0 aliphatic carbocycles. The van der Waals surface area contributed by atoms with Crippen molar-refractivity contribution in [2.45, 2.75) is 6.92 Å². The van der Waals surface area contributed by atoms with Gasteiger partial charge in [0.05, 0.1) is 33.8 Å². The molecule has 8 aromatic rings. The smallest absolute Gasteiger partial charge is 0.0886 e. The summed E-state index contributed by atoms with van der Waals surface area (Å²) in [5.74, 6) is 0. The highest BCUT2D eigenvalue weighted by Crippen LogP contribution is 2.37. The first-order valence-corrected chi connectivity index (χ1v) is 17.3.